The first kappa shape index (κ1) is 7.05. The Hall–Kier alpha value is 0.0500. The summed E-state index contributed by atoms with van der Waals surface area (Å²) in [4.78, 5) is 0.625. The van der Waals surface area contributed by atoms with Crippen molar-refractivity contribution in [3.05, 3.63) is 0 Å². The third-order valence-electron chi connectivity index (χ3n) is 0.802. The molecule has 0 aliphatic rings. The Labute approximate surface area is 49.4 Å². The fourth-order valence-corrected chi connectivity index (χ4v) is 0.287. The van der Waals surface area contributed by atoms with Crippen LogP contribution in [0.3, 0.4) is 0 Å². The van der Waals surface area contributed by atoms with Gasteiger partial charge in [0.15, 0.2) is 0 Å². The molecule has 0 saturated heterocycles. The number of rotatable bonds is 2. The summed E-state index contributed by atoms with van der Waals surface area (Å²) in [5.41, 5.74) is 0. The predicted octanol–water partition coefficient (Wildman–Crippen LogP) is 1.59. The maximum Gasteiger partial charge on any atom is 0.121 e. The zero-order chi connectivity index (χ0) is 5.86. The summed E-state index contributed by atoms with van der Waals surface area (Å²) in [5.74, 6) is 0. The van der Waals surface area contributed by atoms with Gasteiger partial charge >= 0.3 is 0 Å². The Balaban J connectivity index is 3.35. The van der Waals surface area contributed by atoms with E-state index in [-0.39, 0.29) is 0 Å². The van der Waals surface area contributed by atoms with Gasteiger partial charge in [-0.2, -0.15) is 0 Å². The van der Waals surface area contributed by atoms with Crippen molar-refractivity contribution in [3.63, 3.8) is 0 Å². The van der Waals surface area contributed by atoms with E-state index in [1.165, 1.54) is 0 Å². The summed E-state index contributed by atoms with van der Waals surface area (Å²) in [6, 6.07) is 0. The maximum atomic E-state index is 10.3. The second kappa shape index (κ2) is 3.10. The first-order chi connectivity index (χ1) is 3.18. The van der Waals surface area contributed by atoms with Crippen molar-refractivity contribution in [3.8, 4) is 0 Å². The van der Waals surface area contributed by atoms with Gasteiger partial charge in [-0.3, -0.25) is 0 Å². The molecule has 0 bridgehead atoms. The van der Waals surface area contributed by atoms with E-state index in [9.17, 15) is 5.11 Å². The van der Waals surface area contributed by atoms with Crippen LogP contribution in [0.2, 0.25) is 0 Å². The van der Waals surface area contributed by atoms with E-state index in [0.717, 1.165) is 6.42 Å². The van der Waals surface area contributed by atoms with Crippen LogP contribution in [0.4, 0.5) is 0 Å². The molecule has 1 atom stereocenters. The Morgan fingerprint density at radius 3 is 2.29 bits per heavy atom. The lowest BCUT2D eigenvalue weighted by atomic mass is 10.2. The zero-order valence-corrected chi connectivity index (χ0v) is 5.42. The number of hydrogen-bond donors (Lipinski definition) is 0. The molecule has 0 aliphatic heterocycles. The van der Waals surface area contributed by atoms with Gasteiger partial charge in [-0.25, -0.2) is 5.11 Å². The Morgan fingerprint density at radius 2 is 2.29 bits per heavy atom. The quantitative estimate of drug-likeness (QED) is 0.503. The van der Waals surface area contributed by atoms with Crippen molar-refractivity contribution in [1.29, 1.82) is 0 Å². The minimum Gasteiger partial charge on any atom is -0.228 e. The number of thiocarbonyl (C=S) groups is 1. The van der Waals surface area contributed by atoms with Gasteiger partial charge in [-0.1, -0.05) is 19.1 Å². The van der Waals surface area contributed by atoms with E-state index in [1.807, 2.05) is 6.92 Å². The lowest BCUT2D eigenvalue weighted by Gasteiger charge is -1.96. The molecule has 0 aliphatic carbocycles. The van der Waals surface area contributed by atoms with Crippen LogP contribution in [0.1, 0.15) is 20.3 Å². The zero-order valence-electron chi connectivity index (χ0n) is 4.60. The Morgan fingerprint density at radius 1 is 1.86 bits per heavy atom. The van der Waals surface area contributed by atoms with Crippen LogP contribution in [-0.4, -0.2) is 11.0 Å². The molecule has 1 radical (unpaired) electrons. The largest absolute Gasteiger partial charge is 0.228 e. The van der Waals surface area contributed by atoms with E-state index >= 15 is 0 Å². The van der Waals surface area contributed by atoms with Crippen LogP contribution in [0.15, 0.2) is 0 Å². The van der Waals surface area contributed by atoms with E-state index < -0.39 is 6.10 Å². The molecule has 0 aromatic heterocycles. The molecule has 0 rings (SSSR count). The molecular weight excluding hydrogens is 108 g/mol. The normalized spacial score (nSPS) is 13.6. The minimum absolute atomic E-state index is 0.625. The Bertz CT molecular complexity index is 68.5. The molecule has 0 saturated carbocycles. The first-order valence-electron chi connectivity index (χ1n) is 2.37. The number of hydrogen-bond acceptors (Lipinski definition) is 1. The van der Waals surface area contributed by atoms with Gasteiger partial charge in [0.2, 0.25) is 0 Å². The van der Waals surface area contributed by atoms with Gasteiger partial charge < -0.3 is 0 Å². The van der Waals surface area contributed by atoms with Crippen molar-refractivity contribution < 1.29 is 5.11 Å². The van der Waals surface area contributed by atoms with Crippen LogP contribution in [0, 0.1) is 0 Å². The SMILES string of the molecule is CCC(=S)C(C)[O]. The monoisotopic (exact) mass is 117 g/mol. The average molecular weight is 117 g/mol. The van der Waals surface area contributed by atoms with Crippen molar-refractivity contribution in [2.45, 2.75) is 26.4 Å². The summed E-state index contributed by atoms with van der Waals surface area (Å²) in [5, 5.41) is 10.3. The van der Waals surface area contributed by atoms with Crippen LogP contribution in [0.25, 0.3) is 0 Å². The van der Waals surface area contributed by atoms with Crippen LogP contribution in [-0.2, 0) is 5.11 Å². The van der Waals surface area contributed by atoms with E-state index in [1.54, 1.807) is 6.92 Å². The molecule has 0 N–H and O–H groups in total. The van der Waals surface area contributed by atoms with E-state index in [0.29, 0.717) is 4.86 Å². The van der Waals surface area contributed by atoms with Gasteiger partial charge in [0.25, 0.3) is 0 Å². The molecule has 0 amide bonds. The third-order valence-corrected chi connectivity index (χ3v) is 1.42. The molecule has 1 unspecified atom stereocenters. The lowest BCUT2D eigenvalue weighted by Crippen LogP contribution is -2.09. The molecule has 0 heterocycles. The molecule has 0 fully saturated rings. The highest BCUT2D eigenvalue weighted by Gasteiger charge is 2.00. The molecule has 1 nitrogen and oxygen atoms in total. The topological polar surface area (TPSA) is 19.9 Å². The highest BCUT2D eigenvalue weighted by molar-refractivity contribution is 7.80. The summed E-state index contributed by atoms with van der Waals surface area (Å²) in [6.07, 6.45) is 0.0833. The predicted molar refractivity (Wildman–Crippen MR) is 33.0 cm³/mol. The lowest BCUT2D eigenvalue weighted by molar-refractivity contribution is 0.163. The van der Waals surface area contributed by atoms with Gasteiger partial charge in [0.1, 0.15) is 6.10 Å². The third kappa shape index (κ3) is 2.71. The van der Waals surface area contributed by atoms with E-state index in [2.05, 4.69) is 12.2 Å². The minimum atomic E-state index is -0.653. The Kier molecular flexibility index (Phi) is 3.13. The molecule has 2 heteroatoms. The van der Waals surface area contributed by atoms with Crippen molar-refractivity contribution in [1.82, 2.24) is 0 Å². The maximum absolute atomic E-state index is 10.3. The fourth-order valence-electron chi connectivity index (χ4n) is 0.287. The summed E-state index contributed by atoms with van der Waals surface area (Å²) in [7, 11) is 0. The summed E-state index contributed by atoms with van der Waals surface area (Å²) in [6.45, 7) is 3.47. The summed E-state index contributed by atoms with van der Waals surface area (Å²) < 4.78 is 0. The molecule has 0 spiro atoms. The highest BCUT2D eigenvalue weighted by Crippen LogP contribution is 1.91. The van der Waals surface area contributed by atoms with E-state index in [4.69, 9.17) is 0 Å². The standard InChI is InChI=1S/C5H9OS/c1-3-5(7)4(2)6/h4H,3H2,1-2H3. The smallest absolute Gasteiger partial charge is 0.121 e. The molecule has 0 aromatic carbocycles. The van der Waals surface area contributed by atoms with Gasteiger partial charge in [-0.15, -0.1) is 0 Å². The van der Waals surface area contributed by atoms with Crippen molar-refractivity contribution >= 4 is 17.1 Å². The first-order valence-corrected chi connectivity index (χ1v) is 2.77. The molecular formula is C5H9OS. The van der Waals surface area contributed by atoms with Crippen LogP contribution in [0.5, 0.6) is 0 Å². The average Bonchev–Trinajstić information content (AvgIpc) is 1.65. The molecule has 7 heavy (non-hydrogen) atoms. The molecule has 41 valence electrons. The van der Waals surface area contributed by atoms with Gasteiger partial charge in [0, 0.05) is 4.86 Å². The second-order valence-corrected chi connectivity index (χ2v) is 1.99. The van der Waals surface area contributed by atoms with Crippen molar-refractivity contribution in [2.24, 2.45) is 0 Å². The van der Waals surface area contributed by atoms with Crippen molar-refractivity contribution in [2.75, 3.05) is 0 Å². The van der Waals surface area contributed by atoms with Gasteiger partial charge in [-0.05, 0) is 13.3 Å². The van der Waals surface area contributed by atoms with Crippen LogP contribution >= 0.6 is 12.2 Å². The fraction of sp³-hybridized carbons (Fsp3) is 0.800. The van der Waals surface area contributed by atoms with Gasteiger partial charge in [0.05, 0.1) is 0 Å². The highest BCUT2D eigenvalue weighted by atomic mass is 32.1. The van der Waals surface area contributed by atoms with Crippen LogP contribution < -0.4 is 0 Å². The molecule has 0 aromatic rings. The summed E-state index contributed by atoms with van der Waals surface area (Å²) >= 11 is 4.67. The second-order valence-electron chi connectivity index (χ2n) is 1.46.